The number of hydrogen-bond donors (Lipinski definition) is 0. The van der Waals surface area contributed by atoms with Gasteiger partial charge < -0.3 is 0 Å². The van der Waals surface area contributed by atoms with E-state index in [0.717, 1.165) is 25.7 Å². The first-order valence-electron chi connectivity index (χ1n) is 14.0. The topological polar surface area (TPSA) is 34.1 Å². The number of unbranched alkanes of at least 4 members (excludes halogenated alkanes) is 20. The highest BCUT2D eigenvalue weighted by Gasteiger charge is 2.05. The van der Waals surface area contributed by atoms with Gasteiger partial charge in [0.1, 0.15) is 0 Å². The molecule has 0 saturated heterocycles. The maximum atomic E-state index is 12.1. The van der Waals surface area contributed by atoms with Crippen LogP contribution < -0.4 is 0 Å². The molecule has 0 spiro atoms. The highest BCUT2D eigenvalue weighted by atomic mass is 16.1. The number of carbonyl (C=O) groups excluding carboxylic acids is 2. The summed E-state index contributed by atoms with van der Waals surface area (Å²) in [6.07, 6.45) is 35.0. The van der Waals surface area contributed by atoms with Crippen LogP contribution in [-0.2, 0) is 9.59 Å². The largest absolute Gasteiger partial charge is 0.289 e. The van der Waals surface area contributed by atoms with Crippen molar-refractivity contribution in [2.75, 3.05) is 0 Å². The van der Waals surface area contributed by atoms with Gasteiger partial charge in [-0.05, 0) is 31.8 Å². The van der Waals surface area contributed by atoms with E-state index in [2.05, 4.69) is 13.8 Å². The molecular weight excluding hydrogens is 392 g/mol. The molecule has 0 aromatic carbocycles. The Hall–Kier alpha value is -1.18. The summed E-state index contributed by atoms with van der Waals surface area (Å²) in [4.78, 5) is 23.3. The SMILES string of the molecule is CCCCCCCCCCCC=CC(=O)C([C]=O)=CCCCCCCCCCCCCC. The first-order chi connectivity index (χ1) is 15.8. The number of hydrogen-bond acceptors (Lipinski definition) is 2. The van der Waals surface area contributed by atoms with Crippen LogP contribution in [0.1, 0.15) is 155 Å². The minimum absolute atomic E-state index is 0.181. The molecule has 1 radical (unpaired) electrons. The van der Waals surface area contributed by atoms with Crippen molar-refractivity contribution < 1.29 is 9.59 Å². The Balaban J connectivity index is 3.66. The number of ketones is 1. The summed E-state index contributed by atoms with van der Waals surface area (Å²) in [7, 11) is 0. The zero-order valence-corrected chi connectivity index (χ0v) is 21.6. The zero-order valence-electron chi connectivity index (χ0n) is 21.6. The summed E-state index contributed by atoms with van der Waals surface area (Å²) in [5.41, 5.74) is 0.209. The minimum Gasteiger partial charge on any atom is -0.289 e. The van der Waals surface area contributed by atoms with Gasteiger partial charge in [-0.15, -0.1) is 0 Å². The molecule has 0 aliphatic heterocycles. The van der Waals surface area contributed by atoms with Crippen molar-refractivity contribution in [1.82, 2.24) is 0 Å². The van der Waals surface area contributed by atoms with Gasteiger partial charge in [0.2, 0.25) is 6.29 Å². The van der Waals surface area contributed by atoms with Crippen molar-refractivity contribution in [2.45, 2.75) is 155 Å². The van der Waals surface area contributed by atoms with Gasteiger partial charge in [-0.1, -0.05) is 142 Å². The van der Waals surface area contributed by atoms with Gasteiger partial charge in [-0.25, -0.2) is 0 Å². The molecule has 0 aliphatic carbocycles. The van der Waals surface area contributed by atoms with Gasteiger partial charge in [0, 0.05) is 0 Å². The molecule has 2 heteroatoms. The van der Waals surface area contributed by atoms with E-state index in [4.69, 9.17) is 0 Å². The normalized spacial score (nSPS) is 12.0. The lowest BCUT2D eigenvalue weighted by Crippen LogP contribution is -1.99. The summed E-state index contributed by atoms with van der Waals surface area (Å²) in [5, 5.41) is 0. The van der Waals surface area contributed by atoms with Crippen molar-refractivity contribution in [3.8, 4) is 0 Å². The van der Waals surface area contributed by atoms with Crippen molar-refractivity contribution in [1.29, 1.82) is 0 Å². The molecule has 2 nitrogen and oxygen atoms in total. The molecule has 0 unspecified atom stereocenters. The quantitative estimate of drug-likeness (QED) is 0.0606. The molecule has 0 N–H and O–H groups in total. The van der Waals surface area contributed by atoms with E-state index in [0.29, 0.717) is 0 Å². The fourth-order valence-electron chi connectivity index (χ4n) is 4.10. The standard InChI is InChI=1S/C30H53O2/c1-3-5-7-9-11-13-15-17-18-20-22-24-26-29(28-31)30(32)27-25-23-21-19-16-14-12-10-8-6-4-2/h25-27H,3-24H2,1-2H3. The molecule has 0 saturated carbocycles. The van der Waals surface area contributed by atoms with Crippen LogP contribution in [-0.4, -0.2) is 12.1 Å². The average Bonchev–Trinajstić information content (AvgIpc) is 2.80. The van der Waals surface area contributed by atoms with E-state index in [1.165, 1.54) is 116 Å². The molecule has 0 bridgehead atoms. The molecule has 0 heterocycles. The summed E-state index contributed by atoms with van der Waals surface area (Å²) in [6.45, 7) is 4.51. The van der Waals surface area contributed by atoms with Gasteiger partial charge in [0.25, 0.3) is 0 Å². The average molecular weight is 446 g/mol. The van der Waals surface area contributed by atoms with Crippen LogP contribution in [0.5, 0.6) is 0 Å². The van der Waals surface area contributed by atoms with Crippen molar-refractivity contribution in [2.24, 2.45) is 0 Å². The molecule has 0 amide bonds. The van der Waals surface area contributed by atoms with E-state index in [1.807, 2.05) is 12.4 Å². The zero-order chi connectivity index (χ0) is 23.5. The van der Waals surface area contributed by atoms with Crippen LogP contribution >= 0.6 is 0 Å². The minimum atomic E-state index is -0.181. The van der Waals surface area contributed by atoms with Crippen LogP contribution in [0.4, 0.5) is 0 Å². The van der Waals surface area contributed by atoms with Gasteiger partial charge in [-0.3, -0.25) is 9.59 Å². The molecule has 0 aromatic rings. The highest BCUT2D eigenvalue weighted by molar-refractivity contribution is 6.17. The van der Waals surface area contributed by atoms with E-state index < -0.39 is 0 Å². The fraction of sp³-hybridized carbons (Fsp3) is 0.800. The van der Waals surface area contributed by atoms with Crippen LogP contribution in [0.15, 0.2) is 23.8 Å². The third-order valence-electron chi connectivity index (χ3n) is 6.28. The van der Waals surface area contributed by atoms with E-state index in [9.17, 15) is 9.59 Å². The summed E-state index contributed by atoms with van der Waals surface area (Å²) < 4.78 is 0. The Morgan fingerprint density at radius 1 is 0.562 bits per heavy atom. The lowest BCUT2D eigenvalue weighted by molar-refractivity contribution is -0.110. The second kappa shape index (κ2) is 26.1. The van der Waals surface area contributed by atoms with Gasteiger partial charge >= 0.3 is 0 Å². The van der Waals surface area contributed by atoms with Crippen molar-refractivity contribution >= 4 is 12.1 Å². The molecule has 0 atom stereocenters. The molecule has 32 heavy (non-hydrogen) atoms. The van der Waals surface area contributed by atoms with Crippen molar-refractivity contribution in [3.63, 3.8) is 0 Å². The Kier molecular flexibility index (Phi) is 25.1. The molecule has 185 valence electrons. The van der Waals surface area contributed by atoms with E-state index in [1.54, 1.807) is 12.2 Å². The van der Waals surface area contributed by atoms with Crippen LogP contribution in [0.2, 0.25) is 0 Å². The lowest BCUT2D eigenvalue weighted by Gasteiger charge is -2.02. The predicted molar refractivity (Wildman–Crippen MR) is 141 cm³/mol. The third kappa shape index (κ3) is 22.0. The first kappa shape index (κ1) is 30.8. The Labute approximate surface area is 200 Å². The Bertz CT molecular complexity index is 475. The summed E-state index contributed by atoms with van der Waals surface area (Å²) in [6, 6.07) is 0. The highest BCUT2D eigenvalue weighted by Crippen LogP contribution is 2.13. The maximum absolute atomic E-state index is 12.1. The predicted octanol–water partition coefficient (Wildman–Crippen LogP) is 9.77. The number of carbonyl (C=O) groups is 1. The van der Waals surface area contributed by atoms with Crippen molar-refractivity contribution in [3.05, 3.63) is 23.8 Å². The number of allylic oxidation sites excluding steroid dienone is 4. The lowest BCUT2D eigenvalue weighted by atomic mass is 10.0. The Morgan fingerprint density at radius 3 is 1.34 bits per heavy atom. The van der Waals surface area contributed by atoms with Crippen LogP contribution in [0.25, 0.3) is 0 Å². The van der Waals surface area contributed by atoms with Crippen LogP contribution in [0.3, 0.4) is 0 Å². The Morgan fingerprint density at radius 2 is 0.938 bits per heavy atom. The van der Waals surface area contributed by atoms with Gasteiger partial charge in [0.05, 0.1) is 5.57 Å². The molecule has 0 aliphatic rings. The van der Waals surface area contributed by atoms with E-state index >= 15 is 0 Å². The van der Waals surface area contributed by atoms with Gasteiger partial charge in [-0.2, -0.15) is 0 Å². The summed E-state index contributed by atoms with van der Waals surface area (Å²) >= 11 is 0. The molecular formula is C30H53O2. The number of rotatable bonds is 25. The molecule has 0 fully saturated rings. The van der Waals surface area contributed by atoms with Gasteiger partial charge in [0.15, 0.2) is 5.78 Å². The third-order valence-corrected chi connectivity index (χ3v) is 6.28. The molecule has 0 aromatic heterocycles. The second-order valence-electron chi connectivity index (χ2n) is 9.43. The molecule has 0 rings (SSSR count). The first-order valence-corrected chi connectivity index (χ1v) is 14.0. The maximum Gasteiger partial charge on any atom is 0.237 e. The monoisotopic (exact) mass is 445 g/mol. The van der Waals surface area contributed by atoms with Crippen LogP contribution in [0, 0.1) is 0 Å². The fourth-order valence-corrected chi connectivity index (χ4v) is 4.10. The second-order valence-corrected chi connectivity index (χ2v) is 9.43. The smallest absolute Gasteiger partial charge is 0.237 e. The summed E-state index contributed by atoms with van der Waals surface area (Å²) in [5.74, 6) is -0.181. The van der Waals surface area contributed by atoms with E-state index in [-0.39, 0.29) is 11.4 Å².